The first kappa shape index (κ1) is 21.9. The smallest absolute Gasteiger partial charge is 0.410 e. The third-order valence-electron chi connectivity index (χ3n) is 5.47. The number of benzene rings is 1. The molecule has 1 N–H and O–H groups in total. The molecule has 1 aromatic carbocycles. The molecule has 0 saturated carbocycles. The second-order valence-corrected chi connectivity index (χ2v) is 9.40. The predicted molar refractivity (Wildman–Crippen MR) is 124 cm³/mol. The third kappa shape index (κ3) is 4.32. The Balaban J connectivity index is 1.57. The van der Waals surface area contributed by atoms with Crippen LogP contribution in [0.3, 0.4) is 0 Å². The molecule has 0 bridgehead atoms. The molecule has 0 aliphatic carbocycles. The summed E-state index contributed by atoms with van der Waals surface area (Å²) in [5, 5.41) is 5.05. The standard InChI is InChI=1S/C23H30N6O3/c1-14-11-15(2)18(16(3)12-14)29-13-17-19(26-29)24-21(25-20(17)30)27-7-9-28(10-8-27)22(31)32-23(4,5)6/h11-13H,7-10H2,1-6H3,(H,24,25,26,30). The number of anilines is 1. The van der Waals surface area contributed by atoms with Gasteiger partial charge in [0.2, 0.25) is 5.95 Å². The minimum absolute atomic E-state index is 0.228. The molecule has 32 heavy (non-hydrogen) atoms. The van der Waals surface area contributed by atoms with Gasteiger partial charge in [-0.15, -0.1) is 5.10 Å². The zero-order valence-electron chi connectivity index (χ0n) is 19.5. The topological polar surface area (TPSA) is 96.4 Å². The van der Waals surface area contributed by atoms with Gasteiger partial charge in [0, 0.05) is 32.4 Å². The lowest BCUT2D eigenvalue weighted by molar-refractivity contribution is 0.0240. The summed E-state index contributed by atoms with van der Waals surface area (Å²) in [5.41, 5.74) is 3.96. The number of fused-ring (bicyclic) bond motifs is 1. The van der Waals surface area contributed by atoms with E-state index in [1.165, 1.54) is 5.56 Å². The van der Waals surface area contributed by atoms with Crippen molar-refractivity contribution in [2.75, 3.05) is 31.1 Å². The van der Waals surface area contributed by atoms with Crippen LogP contribution in [0, 0.1) is 20.8 Å². The largest absolute Gasteiger partial charge is 0.444 e. The molecule has 9 heteroatoms. The number of H-pyrrole nitrogens is 1. The average molecular weight is 439 g/mol. The van der Waals surface area contributed by atoms with Crippen LogP contribution in [0.5, 0.6) is 0 Å². The molecule has 0 spiro atoms. The van der Waals surface area contributed by atoms with Crippen molar-refractivity contribution in [3.8, 4) is 5.69 Å². The molecule has 1 saturated heterocycles. The van der Waals surface area contributed by atoms with E-state index in [1.807, 2.05) is 39.5 Å². The summed E-state index contributed by atoms with van der Waals surface area (Å²) in [6, 6.07) is 4.20. The van der Waals surface area contributed by atoms with Gasteiger partial charge in [0.15, 0.2) is 5.65 Å². The number of hydrogen-bond donors (Lipinski definition) is 1. The quantitative estimate of drug-likeness (QED) is 0.661. The molecule has 0 atom stereocenters. The number of aromatic amines is 1. The van der Waals surface area contributed by atoms with Crippen molar-refractivity contribution in [2.45, 2.75) is 47.1 Å². The van der Waals surface area contributed by atoms with E-state index in [0.29, 0.717) is 43.2 Å². The van der Waals surface area contributed by atoms with Gasteiger partial charge in [-0.1, -0.05) is 17.7 Å². The minimum Gasteiger partial charge on any atom is -0.444 e. The van der Waals surface area contributed by atoms with Gasteiger partial charge in [-0.25, -0.2) is 9.48 Å². The van der Waals surface area contributed by atoms with Crippen molar-refractivity contribution in [1.29, 1.82) is 0 Å². The molecule has 0 unspecified atom stereocenters. The maximum absolute atomic E-state index is 12.8. The van der Waals surface area contributed by atoms with Crippen LogP contribution >= 0.6 is 0 Å². The van der Waals surface area contributed by atoms with Gasteiger partial charge < -0.3 is 14.5 Å². The molecule has 3 heterocycles. The Morgan fingerprint density at radius 3 is 2.28 bits per heavy atom. The lowest BCUT2D eigenvalue weighted by Crippen LogP contribution is -2.50. The molecular formula is C23H30N6O3. The maximum Gasteiger partial charge on any atom is 0.410 e. The molecule has 2 aromatic heterocycles. The van der Waals surface area contributed by atoms with Crippen LogP contribution in [0.1, 0.15) is 37.5 Å². The second-order valence-electron chi connectivity index (χ2n) is 9.40. The number of amides is 1. The highest BCUT2D eigenvalue weighted by atomic mass is 16.6. The highest BCUT2D eigenvalue weighted by molar-refractivity contribution is 5.75. The summed E-state index contributed by atoms with van der Waals surface area (Å²) >= 11 is 0. The number of aromatic nitrogens is 4. The first-order chi connectivity index (χ1) is 15.0. The highest BCUT2D eigenvalue weighted by Gasteiger charge is 2.27. The first-order valence-electron chi connectivity index (χ1n) is 10.8. The number of carbonyl (C=O) groups excluding carboxylic acids is 1. The Morgan fingerprint density at radius 2 is 1.69 bits per heavy atom. The van der Waals surface area contributed by atoms with Gasteiger partial charge in [0.1, 0.15) is 11.0 Å². The Morgan fingerprint density at radius 1 is 1.06 bits per heavy atom. The van der Waals surface area contributed by atoms with Crippen LogP contribution in [0.25, 0.3) is 16.7 Å². The lowest BCUT2D eigenvalue weighted by Gasteiger charge is -2.35. The monoisotopic (exact) mass is 438 g/mol. The first-order valence-corrected chi connectivity index (χ1v) is 10.8. The van der Waals surface area contributed by atoms with Crippen molar-refractivity contribution in [1.82, 2.24) is 24.6 Å². The molecule has 0 radical (unpaired) electrons. The molecule has 1 aliphatic heterocycles. The summed E-state index contributed by atoms with van der Waals surface area (Å²) in [6.07, 6.45) is 1.41. The number of nitrogens with zero attached hydrogens (tertiary/aromatic N) is 5. The fourth-order valence-electron chi connectivity index (χ4n) is 4.13. The number of hydrogen-bond acceptors (Lipinski definition) is 6. The summed E-state index contributed by atoms with van der Waals surface area (Å²) in [5.74, 6) is 0.467. The van der Waals surface area contributed by atoms with Crippen molar-refractivity contribution in [3.63, 3.8) is 0 Å². The van der Waals surface area contributed by atoms with E-state index in [9.17, 15) is 9.59 Å². The molecule has 1 aliphatic rings. The zero-order valence-corrected chi connectivity index (χ0v) is 19.5. The molecule has 4 rings (SSSR count). The van der Waals surface area contributed by atoms with E-state index in [0.717, 1.165) is 16.8 Å². The van der Waals surface area contributed by atoms with Crippen LogP contribution in [0.2, 0.25) is 0 Å². The maximum atomic E-state index is 12.8. The fourth-order valence-corrected chi connectivity index (χ4v) is 4.13. The highest BCUT2D eigenvalue weighted by Crippen LogP contribution is 2.22. The Hall–Kier alpha value is -3.36. The number of ether oxygens (including phenoxy) is 1. The van der Waals surface area contributed by atoms with Gasteiger partial charge in [0.05, 0.1) is 5.69 Å². The SMILES string of the molecule is Cc1cc(C)c(-n2cc3c(=O)[nH]c(N4CCN(C(=O)OC(C)(C)C)CC4)nc3n2)c(C)c1. The Kier molecular flexibility index (Phi) is 5.44. The van der Waals surface area contributed by atoms with Gasteiger partial charge in [-0.2, -0.15) is 4.98 Å². The molecular weight excluding hydrogens is 408 g/mol. The van der Waals surface area contributed by atoms with Crippen LogP contribution in [0.4, 0.5) is 10.7 Å². The van der Waals surface area contributed by atoms with E-state index in [2.05, 4.69) is 34.1 Å². The van der Waals surface area contributed by atoms with Crippen molar-refractivity contribution in [3.05, 3.63) is 45.4 Å². The summed E-state index contributed by atoms with van der Waals surface area (Å²) in [4.78, 5) is 36.2. The van der Waals surface area contributed by atoms with Crippen LogP contribution in [-0.4, -0.2) is 62.5 Å². The van der Waals surface area contributed by atoms with Crippen molar-refractivity contribution < 1.29 is 9.53 Å². The second kappa shape index (κ2) is 7.96. The number of piperazine rings is 1. The average Bonchev–Trinajstić information content (AvgIpc) is 3.10. The predicted octanol–water partition coefficient (Wildman–Crippen LogP) is 3.09. The summed E-state index contributed by atoms with van der Waals surface area (Å²) < 4.78 is 7.19. The number of nitrogens with one attached hydrogen (secondary N) is 1. The fraction of sp³-hybridized carbons (Fsp3) is 0.478. The summed E-state index contributed by atoms with van der Waals surface area (Å²) in [6.45, 7) is 13.8. The van der Waals surface area contributed by atoms with E-state index < -0.39 is 5.60 Å². The van der Waals surface area contributed by atoms with Gasteiger partial charge >= 0.3 is 6.09 Å². The molecule has 3 aromatic rings. The van der Waals surface area contributed by atoms with E-state index in [4.69, 9.17) is 4.74 Å². The molecule has 9 nitrogen and oxygen atoms in total. The van der Waals surface area contributed by atoms with Gasteiger partial charge in [-0.05, 0) is 52.7 Å². The number of carbonyl (C=O) groups is 1. The number of aryl methyl sites for hydroxylation is 3. The molecule has 1 fully saturated rings. The van der Waals surface area contributed by atoms with E-state index in [1.54, 1.807) is 15.8 Å². The van der Waals surface area contributed by atoms with Crippen molar-refractivity contribution >= 4 is 23.1 Å². The van der Waals surface area contributed by atoms with Crippen LogP contribution in [0.15, 0.2) is 23.1 Å². The van der Waals surface area contributed by atoms with Crippen LogP contribution in [-0.2, 0) is 4.74 Å². The van der Waals surface area contributed by atoms with Gasteiger partial charge in [-0.3, -0.25) is 9.78 Å². The lowest BCUT2D eigenvalue weighted by atomic mass is 10.1. The molecule has 1 amide bonds. The Bertz CT molecular complexity index is 1210. The van der Waals surface area contributed by atoms with E-state index in [-0.39, 0.29) is 11.7 Å². The van der Waals surface area contributed by atoms with E-state index >= 15 is 0 Å². The normalized spacial score (nSPS) is 14.8. The van der Waals surface area contributed by atoms with Crippen molar-refractivity contribution in [2.24, 2.45) is 0 Å². The van der Waals surface area contributed by atoms with Crippen LogP contribution < -0.4 is 10.5 Å². The Labute approximate surface area is 187 Å². The summed E-state index contributed by atoms with van der Waals surface area (Å²) in [7, 11) is 0. The molecule has 170 valence electrons. The zero-order chi connectivity index (χ0) is 23.2. The third-order valence-corrected chi connectivity index (χ3v) is 5.47. The minimum atomic E-state index is -0.529. The van der Waals surface area contributed by atoms with Gasteiger partial charge in [0.25, 0.3) is 5.56 Å². The number of rotatable bonds is 2.